The average Bonchev–Trinajstić information content (AvgIpc) is 2.73. The molecule has 18 heavy (non-hydrogen) atoms. The first kappa shape index (κ1) is 12.9. The van der Waals surface area contributed by atoms with Crippen LogP contribution in [-0.4, -0.2) is 41.7 Å². The summed E-state index contributed by atoms with van der Waals surface area (Å²) < 4.78 is 4.95. The van der Waals surface area contributed by atoms with Gasteiger partial charge in [-0.05, 0) is 37.6 Å². The highest BCUT2D eigenvalue weighted by Crippen LogP contribution is 2.12. The number of hydrogen-bond donors (Lipinski definition) is 2. The van der Waals surface area contributed by atoms with Crippen molar-refractivity contribution in [2.45, 2.75) is 12.8 Å². The third kappa shape index (κ3) is 3.21. The predicted octanol–water partition coefficient (Wildman–Crippen LogP) is 0.978. The summed E-state index contributed by atoms with van der Waals surface area (Å²) in [5, 5.41) is 8.75. The van der Waals surface area contributed by atoms with Crippen molar-refractivity contribution in [3.63, 3.8) is 0 Å². The fourth-order valence-electron chi connectivity index (χ4n) is 1.93. The van der Waals surface area contributed by atoms with E-state index < -0.39 is 5.76 Å². The lowest BCUT2D eigenvalue weighted by atomic mass is 10.1. The molecular formula is C13H18N2O3. The van der Waals surface area contributed by atoms with Gasteiger partial charge in [0.05, 0.1) is 5.52 Å². The molecule has 1 aromatic carbocycles. The Kier molecular flexibility index (Phi) is 4.17. The van der Waals surface area contributed by atoms with Crippen LogP contribution in [0.3, 0.4) is 0 Å². The number of aliphatic hydroxyl groups is 1. The number of oxazole rings is 1. The van der Waals surface area contributed by atoms with Crippen LogP contribution in [0.2, 0.25) is 0 Å². The molecule has 0 spiro atoms. The third-order valence-corrected chi connectivity index (χ3v) is 2.96. The molecule has 2 rings (SSSR count). The number of nitrogens with one attached hydrogen (secondary N) is 1. The molecule has 2 N–H and O–H groups in total. The number of aromatic amines is 1. The number of benzene rings is 1. The van der Waals surface area contributed by atoms with Crippen LogP contribution >= 0.6 is 0 Å². The Balaban J connectivity index is 1.97. The highest BCUT2D eigenvalue weighted by Gasteiger charge is 2.03. The van der Waals surface area contributed by atoms with Gasteiger partial charge in [0.25, 0.3) is 0 Å². The van der Waals surface area contributed by atoms with Crippen LogP contribution in [0.25, 0.3) is 11.1 Å². The van der Waals surface area contributed by atoms with E-state index in [4.69, 9.17) is 9.52 Å². The summed E-state index contributed by atoms with van der Waals surface area (Å²) in [6.45, 7) is 2.04. The van der Waals surface area contributed by atoms with Gasteiger partial charge in [-0.1, -0.05) is 6.07 Å². The molecule has 0 bridgehead atoms. The first-order valence-electron chi connectivity index (χ1n) is 6.10. The smallest absolute Gasteiger partial charge is 0.408 e. The fourth-order valence-corrected chi connectivity index (χ4v) is 1.93. The van der Waals surface area contributed by atoms with Gasteiger partial charge in [0.15, 0.2) is 5.58 Å². The zero-order valence-corrected chi connectivity index (χ0v) is 10.5. The topological polar surface area (TPSA) is 69.5 Å². The molecule has 5 nitrogen and oxygen atoms in total. The quantitative estimate of drug-likeness (QED) is 0.801. The Labute approximate surface area is 105 Å². The minimum atomic E-state index is -0.415. The lowest BCUT2D eigenvalue weighted by Crippen LogP contribution is -2.23. The van der Waals surface area contributed by atoms with Crippen LogP contribution in [0.15, 0.2) is 27.4 Å². The molecule has 0 amide bonds. The minimum Gasteiger partial charge on any atom is -0.408 e. The van der Waals surface area contributed by atoms with E-state index in [0.717, 1.165) is 37.0 Å². The summed E-state index contributed by atoms with van der Waals surface area (Å²) in [5.74, 6) is -0.415. The summed E-state index contributed by atoms with van der Waals surface area (Å²) >= 11 is 0. The molecule has 98 valence electrons. The van der Waals surface area contributed by atoms with Gasteiger partial charge in [0, 0.05) is 19.7 Å². The largest absolute Gasteiger partial charge is 0.417 e. The van der Waals surface area contributed by atoms with Crippen LogP contribution < -0.4 is 5.76 Å². The van der Waals surface area contributed by atoms with E-state index in [-0.39, 0.29) is 6.61 Å². The van der Waals surface area contributed by atoms with Crippen molar-refractivity contribution < 1.29 is 9.52 Å². The summed E-state index contributed by atoms with van der Waals surface area (Å²) in [5.41, 5.74) is 2.50. The standard InChI is InChI=1S/C13H18N2O3/c1-15(6-2-8-16)7-5-10-3-4-12-11(9-10)14-13(17)18-12/h3-4,9,16H,2,5-8H2,1H3,(H,14,17). The Morgan fingerprint density at radius 3 is 3.00 bits per heavy atom. The first-order valence-corrected chi connectivity index (χ1v) is 6.10. The number of aliphatic hydroxyl groups excluding tert-OH is 1. The second kappa shape index (κ2) is 5.84. The molecule has 0 aliphatic heterocycles. The molecule has 5 heteroatoms. The maximum absolute atomic E-state index is 11.0. The lowest BCUT2D eigenvalue weighted by molar-refractivity contribution is 0.248. The van der Waals surface area contributed by atoms with E-state index >= 15 is 0 Å². The highest BCUT2D eigenvalue weighted by molar-refractivity contribution is 5.72. The number of fused-ring (bicyclic) bond motifs is 1. The van der Waals surface area contributed by atoms with E-state index in [0.29, 0.717) is 5.58 Å². The molecule has 0 aliphatic rings. The van der Waals surface area contributed by atoms with Gasteiger partial charge in [-0.15, -0.1) is 0 Å². The first-order chi connectivity index (χ1) is 8.69. The van der Waals surface area contributed by atoms with Gasteiger partial charge in [-0.3, -0.25) is 4.98 Å². The Bertz CT molecular complexity index is 559. The van der Waals surface area contributed by atoms with Crippen LogP contribution in [0, 0.1) is 0 Å². The molecule has 0 aliphatic carbocycles. The minimum absolute atomic E-state index is 0.229. The third-order valence-electron chi connectivity index (χ3n) is 2.96. The van der Waals surface area contributed by atoms with Crippen molar-refractivity contribution >= 4 is 11.1 Å². The van der Waals surface area contributed by atoms with Crippen LogP contribution in [0.5, 0.6) is 0 Å². The second-order valence-corrected chi connectivity index (χ2v) is 4.48. The van der Waals surface area contributed by atoms with Gasteiger partial charge in [-0.2, -0.15) is 0 Å². The molecule has 1 aromatic heterocycles. The molecule has 0 saturated heterocycles. The maximum Gasteiger partial charge on any atom is 0.417 e. The summed E-state index contributed by atoms with van der Waals surface area (Å²) in [7, 11) is 2.04. The van der Waals surface area contributed by atoms with Crippen molar-refractivity contribution in [1.29, 1.82) is 0 Å². The van der Waals surface area contributed by atoms with Crippen LogP contribution in [0.1, 0.15) is 12.0 Å². The molecule has 1 heterocycles. The van der Waals surface area contributed by atoms with E-state index in [2.05, 4.69) is 9.88 Å². The normalized spacial score (nSPS) is 11.5. The van der Waals surface area contributed by atoms with Gasteiger partial charge in [0.1, 0.15) is 0 Å². The summed E-state index contributed by atoms with van der Waals surface area (Å²) in [6, 6.07) is 5.73. The predicted molar refractivity (Wildman–Crippen MR) is 69.7 cm³/mol. The number of likely N-dealkylation sites (N-methyl/N-ethyl adjacent to an activating group) is 1. The van der Waals surface area contributed by atoms with Crippen molar-refractivity contribution in [1.82, 2.24) is 9.88 Å². The highest BCUT2D eigenvalue weighted by atomic mass is 16.4. The zero-order valence-electron chi connectivity index (χ0n) is 10.5. The number of H-pyrrole nitrogens is 1. The summed E-state index contributed by atoms with van der Waals surface area (Å²) in [4.78, 5) is 15.9. The lowest BCUT2D eigenvalue weighted by Gasteiger charge is -2.15. The van der Waals surface area contributed by atoms with Crippen molar-refractivity contribution in [2.24, 2.45) is 0 Å². The van der Waals surface area contributed by atoms with Gasteiger partial charge >= 0.3 is 5.76 Å². The average molecular weight is 250 g/mol. The molecular weight excluding hydrogens is 232 g/mol. The maximum atomic E-state index is 11.0. The van der Waals surface area contributed by atoms with Gasteiger partial charge in [0.2, 0.25) is 0 Å². The van der Waals surface area contributed by atoms with E-state index in [1.54, 1.807) is 0 Å². The Hall–Kier alpha value is -1.59. The second-order valence-electron chi connectivity index (χ2n) is 4.48. The molecule has 0 unspecified atom stereocenters. The summed E-state index contributed by atoms with van der Waals surface area (Å²) in [6.07, 6.45) is 1.70. The van der Waals surface area contributed by atoms with Gasteiger partial charge < -0.3 is 14.4 Å². The number of hydrogen-bond acceptors (Lipinski definition) is 4. The molecule has 0 fully saturated rings. The number of rotatable bonds is 6. The Morgan fingerprint density at radius 2 is 2.22 bits per heavy atom. The SMILES string of the molecule is CN(CCCO)CCc1ccc2oc(=O)[nH]c2c1. The molecule has 2 aromatic rings. The van der Waals surface area contributed by atoms with Crippen molar-refractivity contribution in [2.75, 3.05) is 26.7 Å². The molecule has 0 radical (unpaired) electrons. The van der Waals surface area contributed by atoms with E-state index in [1.807, 2.05) is 25.2 Å². The van der Waals surface area contributed by atoms with Crippen LogP contribution in [-0.2, 0) is 6.42 Å². The van der Waals surface area contributed by atoms with Gasteiger partial charge in [-0.25, -0.2) is 4.79 Å². The van der Waals surface area contributed by atoms with Crippen molar-refractivity contribution in [3.05, 3.63) is 34.3 Å². The fraction of sp³-hybridized carbons (Fsp3) is 0.462. The molecule has 0 saturated carbocycles. The van der Waals surface area contributed by atoms with E-state index in [1.165, 1.54) is 0 Å². The monoisotopic (exact) mass is 250 g/mol. The van der Waals surface area contributed by atoms with E-state index in [9.17, 15) is 4.79 Å². The van der Waals surface area contributed by atoms with Crippen LogP contribution in [0.4, 0.5) is 0 Å². The molecule has 0 atom stereocenters. The zero-order chi connectivity index (χ0) is 13.0. The Morgan fingerprint density at radius 1 is 1.39 bits per heavy atom. The number of aromatic nitrogens is 1. The number of nitrogens with zero attached hydrogens (tertiary/aromatic N) is 1. The van der Waals surface area contributed by atoms with Crippen molar-refractivity contribution in [3.8, 4) is 0 Å².